The Bertz CT molecular complexity index is 1550. The van der Waals surface area contributed by atoms with Gasteiger partial charge in [0.25, 0.3) is 0 Å². The van der Waals surface area contributed by atoms with Crippen molar-refractivity contribution in [3.05, 3.63) is 81.6 Å². The molecule has 0 spiro atoms. The molecular formula is C28H27BrClF5N6O3. The maximum absolute atomic E-state index is 13.9. The number of hydrogen-bond donors (Lipinski definition) is 3. The zero-order chi connectivity index (χ0) is 32.4. The van der Waals surface area contributed by atoms with E-state index in [1.54, 1.807) is 31.2 Å². The third-order valence-electron chi connectivity index (χ3n) is 7.06. The average molecular weight is 706 g/mol. The fraction of sp³-hybridized carbons (Fsp3) is 0.357. The maximum Gasteiger partial charge on any atom is 0.411 e. The summed E-state index contributed by atoms with van der Waals surface area (Å²) in [6, 6.07) is 9.51. The predicted molar refractivity (Wildman–Crippen MR) is 155 cm³/mol. The number of alkyl halides is 5. The van der Waals surface area contributed by atoms with Crippen LogP contribution in [0.25, 0.3) is 11.4 Å². The molecule has 4 N–H and O–H groups in total. The minimum absolute atomic E-state index is 0.00595. The van der Waals surface area contributed by atoms with Crippen LogP contribution in [0.2, 0.25) is 5.02 Å². The number of hydrogen-bond acceptors (Lipinski definition) is 6. The number of nitrogens with zero attached hydrogens (tertiary/aromatic N) is 3. The van der Waals surface area contributed by atoms with Crippen molar-refractivity contribution < 1.29 is 36.3 Å². The Labute approximate surface area is 262 Å². The van der Waals surface area contributed by atoms with Crippen LogP contribution < -0.4 is 16.4 Å². The molecule has 3 aromatic rings. The summed E-state index contributed by atoms with van der Waals surface area (Å²) in [5.41, 5.74) is 3.79. The van der Waals surface area contributed by atoms with Crippen LogP contribution >= 0.6 is 27.5 Å². The molecule has 1 fully saturated rings. The highest BCUT2D eigenvalue weighted by Gasteiger charge is 2.64. The number of aromatic nitrogens is 3. The van der Waals surface area contributed by atoms with Gasteiger partial charge in [0.1, 0.15) is 24.0 Å². The molecule has 0 aliphatic heterocycles. The highest BCUT2D eigenvalue weighted by molar-refractivity contribution is 9.10. The SMILES string of the molecule is C=C(C)C[C@](N)(C(=O)N[C@H](COC(=O)NC1(C(F)(F)F)CC1)c1ccc(Cl)c(-c2ncnn2C(F)F)c1)c1ccc(Br)cc1. The second kappa shape index (κ2) is 12.8. The molecule has 1 aliphatic rings. The third-order valence-corrected chi connectivity index (χ3v) is 7.92. The monoisotopic (exact) mass is 704 g/mol. The predicted octanol–water partition coefficient (Wildman–Crippen LogP) is 6.55. The van der Waals surface area contributed by atoms with E-state index >= 15 is 0 Å². The molecule has 0 bridgehead atoms. The molecule has 4 rings (SSSR count). The number of nitrogens with one attached hydrogen (secondary N) is 2. The van der Waals surface area contributed by atoms with Gasteiger partial charge < -0.3 is 21.1 Å². The Balaban J connectivity index is 1.69. The van der Waals surface area contributed by atoms with Crippen molar-refractivity contribution in [2.45, 2.75) is 56.0 Å². The lowest BCUT2D eigenvalue weighted by Gasteiger charge is -2.32. The molecule has 44 heavy (non-hydrogen) atoms. The van der Waals surface area contributed by atoms with Crippen LogP contribution in [0.3, 0.4) is 0 Å². The molecule has 0 saturated heterocycles. The fourth-order valence-corrected chi connectivity index (χ4v) is 5.02. The lowest BCUT2D eigenvalue weighted by Crippen LogP contribution is -2.53. The summed E-state index contributed by atoms with van der Waals surface area (Å²) < 4.78 is 73.5. The van der Waals surface area contributed by atoms with Crippen molar-refractivity contribution in [3.8, 4) is 11.4 Å². The maximum atomic E-state index is 13.9. The van der Waals surface area contributed by atoms with E-state index in [-0.39, 0.29) is 41.2 Å². The summed E-state index contributed by atoms with van der Waals surface area (Å²) in [6.45, 7) is 1.84. The van der Waals surface area contributed by atoms with E-state index in [4.69, 9.17) is 22.1 Å². The smallest absolute Gasteiger partial charge is 0.411 e. The van der Waals surface area contributed by atoms with E-state index in [0.29, 0.717) is 15.8 Å². The second-order valence-corrected chi connectivity index (χ2v) is 11.8. The van der Waals surface area contributed by atoms with Crippen LogP contribution in [0.1, 0.15) is 49.9 Å². The van der Waals surface area contributed by atoms with Crippen molar-refractivity contribution in [1.82, 2.24) is 25.4 Å². The van der Waals surface area contributed by atoms with Crippen molar-refractivity contribution in [2.75, 3.05) is 6.61 Å². The summed E-state index contributed by atoms with van der Waals surface area (Å²) >= 11 is 9.63. The number of ether oxygens (including phenoxy) is 1. The van der Waals surface area contributed by atoms with Crippen LogP contribution in [0.4, 0.5) is 26.7 Å². The number of amides is 2. The van der Waals surface area contributed by atoms with Gasteiger partial charge in [-0.15, -0.1) is 6.58 Å². The van der Waals surface area contributed by atoms with Gasteiger partial charge in [0.15, 0.2) is 5.82 Å². The first kappa shape index (κ1) is 33.3. The molecule has 1 aliphatic carbocycles. The largest absolute Gasteiger partial charge is 0.447 e. The third kappa shape index (κ3) is 7.21. The van der Waals surface area contributed by atoms with Gasteiger partial charge in [-0.2, -0.15) is 31.7 Å². The molecule has 0 unspecified atom stereocenters. The zero-order valence-corrected chi connectivity index (χ0v) is 25.4. The summed E-state index contributed by atoms with van der Waals surface area (Å²) in [4.78, 5) is 30.2. The summed E-state index contributed by atoms with van der Waals surface area (Å²) in [5.74, 6) is -1.03. The van der Waals surface area contributed by atoms with Gasteiger partial charge in [-0.05, 0) is 61.6 Å². The molecule has 236 valence electrons. The van der Waals surface area contributed by atoms with Crippen molar-refractivity contribution in [2.24, 2.45) is 5.73 Å². The summed E-state index contributed by atoms with van der Waals surface area (Å²) in [5, 5.41) is 8.08. The number of halogens is 7. The molecular weight excluding hydrogens is 679 g/mol. The van der Waals surface area contributed by atoms with Crippen LogP contribution in [-0.2, 0) is 15.1 Å². The van der Waals surface area contributed by atoms with Crippen molar-refractivity contribution in [3.63, 3.8) is 0 Å². The molecule has 1 heterocycles. The fourth-order valence-electron chi connectivity index (χ4n) is 4.56. The van der Waals surface area contributed by atoms with Crippen LogP contribution in [0, 0.1) is 0 Å². The van der Waals surface area contributed by atoms with Gasteiger partial charge in [-0.25, -0.2) is 9.78 Å². The number of benzene rings is 2. The first-order valence-corrected chi connectivity index (χ1v) is 14.2. The molecule has 2 amide bonds. The zero-order valence-electron chi connectivity index (χ0n) is 23.1. The first-order chi connectivity index (χ1) is 20.6. The second-order valence-electron chi connectivity index (χ2n) is 10.5. The molecule has 1 aromatic heterocycles. The standard InChI is InChI=1S/C28H27BrClF5N6O3/c1-15(2)12-27(36,17-4-6-18(29)7-5-17)23(42)39-21(13-44-25(43)40-26(9-10-26)28(33,34)35)16-3-8-20(30)19(11-16)22-37-14-38-41(22)24(31)32/h3-8,11,14,21,24H,1,9-10,12-13,36H2,2H3,(H,39,42)(H,40,43)/t21-,27-/m1/s1. The number of carbonyl (C=O) groups is 2. The van der Waals surface area contributed by atoms with Gasteiger partial charge in [-0.3, -0.25) is 4.79 Å². The minimum atomic E-state index is -4.68. The first-order valence-electron chi connectivity index (χ1n) is 13.1. The van der Waals surface area contributed by atoms with E-state index in [2.05, 4.69) is 37.9 Å². The van der Waals surface area contributed by atoms with Crippen LogP contribution in [-0.4, -0.2) is 45.1 Å². The molecule has 0 radical (unpaired) electrons. The molecule has 16 heteroatoms. The van der Waals surface area contributed by atoms with E-state index in [9.17, 15) is 31.5 Å². The summed E-state index contributed by atoms with van der Waals surface area (Å²) in [7, 11) is 0. The van der Waals surface area contributed by atoms with E-state index < -0.39 is 48.5 Å². The van der Waals surface area contributed by atoms with E-state index in [0.717, 1.165) is 10.8 Å². The van der Waals surface area contributed by atoms with Crippen LogP contribution in [0.15, 0.2) is 65.4 Å². The van der Waals surface area contributed by atoms with Gasteiger partial charge in [0.05, 0.1) is 11.1 Å². The van der Waals surface area contributed by atoms with Gasteiger partial charge in [0.2, 0.25) is 5.91 Å². The Hall–Kier alpha value is -3.56. The summed E-state index contributed by atoms with van der Waals surface area (Å²) in [6.07, 6.45) is -5.74. The lowest BCUT2D eigenvalue weighted by molar-refractivity contribution is -0.164. The quantitative estimate of drug-likeness (QED) is 0.154. The Morgan fingerprint density at radius 3 is 2.43 bits per heavy atom. The minimum Gasteiger partial charge on any atom is -0.447 e. The molecule has 2 aromatic carbocycles. The molecule has 9 nitrogen and oxygen atoms in total. The number of alkyl carbamates (subject to hydrolysis) is 1. The topological polar surface area (TPSA) is 124 Å². The highest BCUT2D eigenvalue weighted by Crippen LogP contribution is 2.49. The number of nitrogens with two attached hydrogens (primary N) is 1. The van der Waals surface area contributed by atoms with E-state index in [1.807, 2.05) is 5.32 Å². The number of rotatable bonds is 11. The number of carbonyl (C=O) groups excluding carboxylic acids is 2. The van der Waals surface area contributed by atoms with E-state index in [1.165, 1.54) is 18.2 Å². The molecule has 1 saturated carbocycles. The average Bonchev–Trinajstić information content (AvgIpc) is 3.56. The molecule has 2 atom stereocenters. The van der Waals surface area contributed by atoms with Gasteiger partial charge >= 0.3 is 18.8 Å². The van der Waals surface area contributed by atoms with Gasteiger partial charge in [0, 0.05) is 10.0 Å². The lowest BCUT2D eigenvalue weighted by atomic mass is 9.84. The van der Waals surface area contributed by atoms with Crippen LogP contribution in [0.5, 0.6) is 0 Å². The Morgan fingerprint density at radius 2 is 1.86 bits per heavy atom. The normalized spacial score (nSPS) is 16.1. The highest BCUT2D eigenvalue weighted by atomic mass is 79.9. The van der Waals surface area contributed by atoms with Crippen molar-refractivity contribution >= 4 is 39.5 Å². The van der Waals surface area contributed by atoms with Crippen molar-refractivity contribution in [1.29, 1.82) is 0 Å². The Kier molecular flexibility index (Phi) is 9.71. The van der Waals surface area contributed by atoms with Gasteiger partial charge in [-0.1, -0.05) is 51.3 Å². The Morgan fingerprint density at radius 1 is 1.20 bits per heavy atom.